The van der Waals surface area contributed by atoms with Crippen LogP contribution in [0, 0.1) is 0 Å². The number of aromatic nitrogens is 4. The average molecular weight is 643 g/mol. The number of fused-ring (bicyclic) bond motifs is 6. The van der Waals surface area contributed by atoms with E-state index in [4.69, 9.17) is 4.98 Å². The Balaban J connectivity index is 0.000000152. The number of para-hydroxylation sites is 2. The molecule has 0 aliphatic carbocycles. The number of nitrogens with zero attached hydrogens (tertiary/aromatic N) is 4. The minimum absolute atomic E-state index is 0.0375. The molecule has 48 heavy (non-hydrogen) atoms. The molecule has 6 aromatic rings. The Hall–Kier alpha value is -5.71. The van der Waals surface area contributed by atoms with E-state index in [9.17, 15) is 24.0 Å². The highest BCUT2D eigenvalue weighted by molar-refractivity contribution is 6.10. The molecule has 2 aliphatic rings. The van der Waals surface area contributed by atoms with E-state index in [1.807, 2.05) is 75.9 Å². The second kappa shape index (κ2) is 12.5. The maximum atomic E-state index is 12.4. The van der Waals surface area contributed by atoms with Crippen molar-refractivity contribution in [3.63, 3.8) is 0 Å². The molecule has 2 unspecified atom stereocenters. The third-order valence-corrected chi connectivity index (χ3v) is 9.07. The number of amides is 4. The molecule has 2 aliphatic heterocycles. The number of nitrogens with one attached hydrogen (secondary N) is 2. The molecule has 0 radical (unpaired) electrons. The minimum atomic E-state index is -0.486. The third kappa shape index (κ3) is 5.51. The Bertz CT molecular complexity index is 2300. The van der Waals surface area contributed by atoms with Crippen LogP contribution in [0.25, 0.3) is 43.9 Å². The summed E-state index contributed by atoms with van der Waals surface area (Å²) in [5.74, 6) is -0.956. The Morgan fingerprint density at radius 3 is 1.58 bits per heavy atom. The van der Waals surface area contributed by atoms with Gasteiger partial charge in [0.2, 0.25) is 23.6 Å². The van der Waals surface area contributed by atoms with Crippen LogP contribution in [-0.4, -0.2) is 48.5 Å². The predicted octanol–water partition coefficient (Wildman–Crippen LogP) is 5.03. The summed E-state index contributed by atoms with van der Waals surface area (Å²) in [6.07, 6.45) is 2.71. The number of hydrogen-bond acceptors (Lipinski definition) is 7. The zero-order valence-electron chi connectivity index (χ0n) is 26.7. The molecule has 0 saturated carbocycles. The van der Waals surface area contributed by atoms with Gasteiger partial charge < -0.3 is 9.13 Å². The maximum absolute atomic E-state index is 12.4. The van der Waals surface area contributed by atoms with Gasteiger partial charge in [-0.2, -0.15) is 0 Å². The van der Waals surface area contributed by atoms with Crippen molar-refractivity contribution in [2.45, 2.75) is 64.5 Å². The number of aryl methyl sites for hydroxylation is 1. The van der Waals surface area contributed by atoms with E-state index in [0.717, 1.165) is 50.3 Å². The number of Topliss-reactive ketones (excluding diaryl/α,β-unsaturated/α-hetero) is 1. The second-order valence-electron chi connectivity index (χ2n) is 12.3. The lowest BCUT2D eigenvalue weighted by molar-refractivity contribution is -0.137. The highest BCUT2D eigenvalue weighted by Crippen LogP contribution is 2.35. The third-order valence-electron chi connectivity index (χ3n) is 9.07. The molecule has 4 amide bonds. The van der Waals surface area contributed by atoms with Crippen LogP contribution in [0.1, 0.15) is 63.0 Å². The van der Waals surface area contributed by atoms with Gasteiger partial charge in [-0.25, -0.2) is 9.97 Å². The predicted molar refractivity (Wildman–Crippen MR) is 181 cm³/mol. The van der Waals surface area contributed by atoms with Gasteiger partial charge in [-0.3, -0.25) is 34.6 Å². The van der Waals surface area contributed by atoms with E-state index in [-0.39, 0.29) is 35.8 Å². The standard InChI is InChI=1S/C19H17N3O3.C18H17N3O2/c1-11(23)10-12-6-7-14-13-4-2-3-5-15(13)22(18(14)20-12)16-8-9-17(24)21-19(16)25;1-2-11-7-8-13-12-5-3-4-6-14(12)21(17(13)19-11)15-9-10-16(22)20-18(15)23/h2-7,16H,8-10H2,1H3,(H,21,24,25);3-8,15H,2,9-10H2,1H3,(H,20,22,23). The zero-order valence-corrected chi connectivity index (χ0v) is 26.7. The van der Waals surface area contributed by atoms with Crippen molar-refractivity contribution in [2.75, 3.05) is 0 Å². The van der Waals surface area contributed by atoms with E-state index >= 15 is 0 Å². The summed E-state index contributed by atoms with van der Waals surface area (Å²) in [5, 5.41) is 8.93. The largest absolute Gasteiger partial charge is 0.313 e. The van der Waals surface area contributed by atoms with E-state index in [0.29, 0.717) is 37.0 Å². The van der Waals surface area contributed by atoms with Gasteiger partial charge in [-0.1, -0.05) is 43.3 Å². The Morgan fingerprint density at radius 1 is 0.667 bits per heavy atom. The molecule has 2 N–H and O–H groups in total. The first-order chi connectivity index (χ1) is 23.2. The van der Waals surface area contributed by atoms with Crippen LogP contribution in [0.4, 0.5) is 0 Å². The molecule has 2 atom stereocenters. The molecule has 242 valence electrons. The first-order valence-electron chi connectivity index (χ1n) is 16.2. The summed E-state index contributed by atoms with van der Waals surface area (Å²) >= 11 is 0. The number of pyridine rings is 2. The fraction of sp³-hybridized carbons (Fsp3) is 0.270. The summed E-state index contributed by atoms with van der Waals surface area (Å²) in [7, 11) is 0. The molecule has 0 spiro atoms. The topological polar surface area (TPSA) is 145 Å². The second-order valence-corrected chi connectivity index (χ2v) is 12.3. The van der Waals surface area contributed by atoms with Crippen molar-refractivity contribution in [1.82, 2.24) is 29.7 Å². The summed E-state index contributed by atoms with van der Waals surface area (Å²) in [6, 6.07) is 22.8. The molecule has 11 nitrogen and oxygen atoms in total. The maximum Gasteiger partial charge on any atom is 0.249 e. The molecule has 0 bridgehead atoms. The van der Waals surface area contributed by atoms with Crippen LogP contribution in [0.15, 0.2) is 72.8 Å². The number of carbonyl (C=O) groups excluding carboxylic acids is 5. The van der Waals surface area contributed by atoms with Crippen LogP contribution in [-0.2, 0) is 36.8 Å². The monoisotopic (exact) mass is 642 g/mol. The fourth-order valence-corrected chi connectivity index (χ4v) is 6.85. The molecule has 11 heteroatoms. The number of carbonyl (C=O) groups is 5. The summed E-state index contributed by atoms with van der Waals surface area (Å²) in [5.41, 5.74) is 5.05. The molecular formula is C37H34N6O5. The van der Waals surface area contributed by atoms with Crippen molar-refractivity contribution in [3.8, 4) is 0 Å². The van der Waals surface area contributed by atoms with Gasteiger partial charge in [-0.05, 0) is 62.6 Å². The average Bonchev–Trinajstić information content (AvgIpc) is 3.57. The lowest BCUT2D eigenvalue weighted by Crippen LogP contribution is -2.41. The first kappa shape index (κ1) is 30.9. The lowest BCUT2D eigenvalue weighted by atomic mass is 10.1. The normalized spacial score (nSPS) is 18.2. The molecule has 6 heterocycles. The molecule has 8 rings (SSSR count). The summed E-state index contributed by atoms with van der Waals surface area (Å²) in [4.78, 5) is 68.6. The number of hydrogen-bond donors (Lipinski definition) is 2. The van der Waals surface area contributed by atoms with Crippen LogP contribution in [0.2, 0.25) is 0 Å². The van der Waals surface area contributed by atoms with Crippen molar-refractivity contribution >= 4 is 73.3 Å². The summed E-state index contributed by atoms with van der Waals surface area (Å²) < 4.78 is 3.89. The van der Waals surface area contributed by atoms with E-state index in [1.54, 1.807) is 0 Å². The zero-order chi connectivity index (χ0) is 33.5. The van der Waals surface area contributed by atoms with Gasteiger partial charge in [0.1, 0.15) is 29.2 Å². The number of ketones is 1. The van der Waals surface area contributed by atoms with Gasteiger partial charge in [0.25, 0.3) is 0 Å². The van der Waals surface area contributed by atoms with E-state index in [1.165, 1.54) is 6.92 Å². The van der Waals surface area contributed by atoms with Gasteiger partial charge in [0.15, 0.2) is 0 Å². The molecule has 4 aromatic heterocycles. The fourth-order valence-electron chi connectivity index (χ4n) is 6.85. The number of rotatable bonds is 5. The highest BCUT2D eigenvalue weighted by atomic mass is 16.2. The number of imide groups is 2. The quantitative estimate of drug-likeness (QED) is 0.251. The van der Waals surface area contributed by atoms with Gasteiger partial charge in [-0.15, -0.1) is 0 Å². The molecule has 2 saturated heterocycles. The van der Waals surface area contributed by atoms with Crippen molar-refractivity contribution < 1.29 is 24.0 Å². The Kier molecular flexibility index (Phi) is 8.04. The Morgan fingerprint density at radius 2 is 1.12 bits per heavy atom. The van der Waals surface area contributed by atoms with Crippen molar-refractivity contribution in [1.29, 1.82) is 0 Å². The van der Waals surface area contributed by atoms with Crippen molar-refractivity contribution in [3.05, 3.63) is 84.2 Å². The first-order valence-corrected chi connectivity index (χ1v) is 16.2. The minimum Gasteiger partial charge on any atom is -0.313 e. The molecule has 2 fully saturated rings. The molecule has 2 aromatic carbocycles. The number of piperidine rings is 2. The smallest absolute Gasteiger partial charge is 0.249 e. The van der Waals surface area contributed by atoms with Gasteiger partial charge in [0.05, 0.1) is 16.7 Å². The van der Waals surface area contributed by atoms with Crippen LogP contribution in [0.5, 0.6) is 0 Å². The van der Waals surface area contributed by atoms with Crippen molar-refractivity contribution in [2.24, 2.45) is 0 Å². The van der Waals surface area contributed by atoms with Crippen LogP contribution < -0.4 is 10.6 Å². The van der Waals surface area contributed by atoms with Gasteiger partial charge in [0, 0.05) is 46.5 Å². The van der Waals surface area contributed by atoms with Crippen LogP contribution in [0.3, 0.4) is 0 Å². The van der Waals surface area contributed by atoms with Gasteiger partial charge >= 0.3 is 0 Å². The molecular weight excluding hydrogens is 608 g/mol. The van der Waals surface area contributed by atoms with E-state index < -0.39 is 12.1 Å². The number of benzene rings is 2. The Labute approximate surface area is 275 Å². The lowest BCUT2D eigenvalue weighted by Gasteiger charge is -2.23. The van der Waals surface area contributed by atoms with Crippen LogP contribution >= 0.6 is 0 Å². The highest BCUT2D eigenvalue weighted by Gasteiger charge is 2.32. The SMILES string of the molecule is CC(=O)Cc1ccc2c3ccccc3n(C3CCC(=O)NC3=O)c2n1.CCc1ccc2c3ccccc3n(C3CCC(=O)NC3=O)c2n1. The van der Waals surface area contributed by atoms with E-state index in [2.05, 4.69) is 28.6 Å². The summed E-state index contributed by atoms with van der Waals surface area (Å²) in [6.45, 7) is 3.59.